The van der Waals surface area contributed by atoms with Gasteiger partial charge in [0.1, 0.15) is 5.60 Å². The maximum absolute atomic E-state index is 11.1. The lowest BCUT2D eigenvalue weighted by atomic mass is 9.80. The first kappa shape index (κ1) is 15.9. The summed E-state index contributed by atoms with van der Waals surface area (Å²) in [6, 6.07) is 0. The highest BCUT2D eigenvalue weighted by molar-refractivity contribution is 9.10. The summed E-state index contributed by atoms with van der Waals surface area (Å²) in [6.07, 6.45) is 5.29. The van der Waals surface area contributed by atoms with Gasteiger partial charge in [0.05, 0.1) is 29.0 Å². The van der Waals surface area contributed by atoms with Gasteiger partial charge < -0.3 is 14.7 Å². The van der Waals surface area contributed by atoms with Gasteiger partial charge in [0.2, 0.25) is 0 Å². The van der Waals surface area contributed by atoms with Gasteiger partial charge in [-0.2, -0.15) is 5.10 Å². The molecule has 1 aliphatic carbocycles. The van der Waals surface area contributed by atoms with Crippen LogP contribution in [0.3, 0.4) is 0 Å². The van der Waals surface area contributed by atoms with Gasteiger partial charge in [-0.3, -0.25) is 4.68 Å². The predicted octanol–water partition coefficient (Wildman–Crippen LogP) is 1.98. The fourth-order valence-corrected chi connectivity index (χ4v) is 3.57. The van der Waals surface area contributed by atoms with E-state index >= 15 is 0 Å². The van der Waals surface area contributed by atoms with Crippen LogP contribution in [0, 0.1) is 0 Å². The van der Waals surface area contributed by atoms with Crippen LogP contribution in [0.1, 0.15) is 31.4 Å². The Morgan fingerprint density at radius 1 is 1.60 bits per heavy atom. The number of methoxy groups -OCH3 is 1. The Bertz CT molecular complexity index is 450. The molecule has 1 saturated carbocycles. The zero-order valence-corrected chi connectivity index (χ0v) is 14.1. The van der Waals surface area contributed by atoms with Crippen molar-refractivity contribution in [1.82, 2.24) is 14.7 Å². The molecule has 1 aromatic rings. The zero-order valence-electron chi connectivity index (χ0n) is 12.5. The Morgan fingerprint density at radius 3 is 3.00 bits per heavy atom. The average Bonchev–Trinajstić information content (AvgIpc) is 2.78. The van der Waals surface area contributed by atoms with Gasteiger partial charge >= 0.3 is 0 Å². The van der Waals surface area contributed by atoms with Crippen molar-refractivity contribution >= 4 is 15.9 Å². The number of hydrogen-bond acceptors (Lipinski definition) is 4. The van der Waals surface area contributed by atoms with Crippen LogP contribution in [0.25, 0.3) is 0 Å². The van der Waals surface area contributed by atoms with Crippen LogP contribution >= 0.6 is 15.9 Å². The first-order valence-corrected chi connectivity index (χ1v) is 7.87. The van der Waals surface area contributed by atoms with Crippen LogP contribution in [0.5, 0.6) is 0 Å². The Morgan fingerprint density at radius 2 is 2.35 bits per heavy atom. The summed E-state index contributed by atoms with van der Waals surface area (Å²) in [5, 5.41) is 15.5. The second-order valence-corrected chi connectivity index (χ2v) is 6.71. The Hall–Kier alpha value is -0.430. The number of halogens is 1. The van der Waals surface area contributed by atoms with Crippen molar-refractivity contribution in [3.63, 3.8) is 0 Å². The van der Waals surface area contributed by atoms with Gasteiger partial charge in [-0.15, -0.1) is 0 Å². The maximum atomic E-state index is 11.1. The first-order valence-electron chi connectivity index (χ1n) is 7.08. The van der Waals surface area contributed by atoms with Gasteiger partial charge in [0.25, 0.3) is 0 Å². The number of nitrogens with zero attached hydrogens (tertiary/aromatic N) is 3. The first-order chi connectivity index (χ1) is 9.46. The smallest absolute Gasteiger partial charge is 0.110 e. The number of likely N-dealkylation sites (N-methyl/N-ethyl adjacent to an activating group) is 1. The molecule has 0 bridgehead atoms. The molecular formula is C14H24BrN3O2. The SMILES string of the molecule is COC1CCCC(O)(c2c(Br)cnn2CCN(C)C)C1. The lowest BCUT2D eigenvalue weighted by Crippen LogP contribution is -2.38. The van der Waals surface area contributed by atoms with Crippen molar-refractivity contribution in [2.45, 2.75) is 43.9 Å². The normalized spacial score (nSPS) is 27.2. The van der Waals surface area contributed by atoms with Gasteiger partial charge in [-0.25, -0.2) is 0 Å². The largest absolute Gasteiger partial charge is 0.383 e. The summed E-state index contributed by atoms with van der Waals surface area (Å²) in [4.78, 5) is 2.11. The minimum absolute atomic E-state index is 0.123. The molecule has 114 valence electrons. The molecule has 2 unspecified atom stereocenters. The van der Waals surface area contributed by atoms with Gasteiger partial charge in [0.15, 0.2) is 0 Å². The van der Waals surface area contributed by atoms with E-state index in [2.05, 4.69) is 25.9 Å². The molecule has 0 amide bonds. The molecule has 1 N–H and O–H groups in total. The molecule has 2 rings (SSSR count). The Labute approximate surface area is 129 Å². The molecule has 2 atom stereocenters. The summed E-state index contributed by atoms with van der Waals surface area (Å²) >= 11 is 3.54. The van der Waals surface area contributed by atoms with E-state index in [1.54, 1.807) is 13.3 Å². The molecule has 1 heterocycles. The fourth-order valence-electron chi connectivity index (χ4n) is 2.91. The number of hydrogen-bond donors (Lipinski definition) is 1. The maximum Gasteiger partial charge on any atom is 0.110 e. The second kappa shape index (κ2) is 6.56. The number of ether oxygens (including phenoxy) is 1. The molecule has 5 nitrogen and oxygen atoms in total. The highest BCUT2D eigenvalue weighted by atomic mass is 79.9. The van der Waals surface area contributed by atoms with E-state index < -0.39 is 5.60 Å². The lowest BCUT2D eigenvalue weighted by molar-refractivity contribution is -0.0687. The van der Waals surface area contributed by atoms with Gasteiger partial charge in [-0.1, -0.05) is 0 Å². The molecular weight excluding hydrogens is 322 g/mol. The van der Waals surface area contributed by atoms with Gasteiger partial charge in [-0.05, 0) is 49.3 Å². The van der Waals surface area contributed by atoms with Crippen molar-refractivity contribution in [3.8, 4) is 0 Å². The third-order valence-corrected chi connectivity index (χ3v) is 4.59. The quantitative estimate of drug-likeness (QED) is 0.886. The average molecular weight is 346 g/mol. The molecule has 0 radical (unpaired) electrons. The van der Waals surface area contributed by atoms with E-state index in [0.29, 0.717) is 6.42 Å². The van der Waals surface area contributed by atoms with E-state index in [1.165, 1.54) is 0 Å². The van der Waals surface area contributed by atoms with Crippen LogP contribution < -0.4 is 0 Å². The summed E-state index contributed by atoms with van der Waals surface area (Å²) in [7, 11) is 5.79. The molecule has 0 aromatic carbocycles. The number of aromatic nitrogens is 2. The van der Waals surface area contributed by atoms with Crippen LogP contribution in [-0.2, 0) is 16.9 Å². The van der Waals surface area contributed by atoms with Crippen LogP contribution in [0.15, 0.2) is 10.7 Å². The van der Waals surface area contributed by atoms with E-state index in [0.717, 1.165) is 42.5 Å². The Balaban J connectivity index is 2.23. The van der Waals surface area contributed by atoms with Crippen LogP contribution in [0.4, 0.5) is 0 Å². The highest BCUT2D eigenvalue weighted by Crippen LogP contribution is 2.40. The molecule has 20 heavy (non-hydrogen) atoms. The zero-order chi connectivity index (χ0) is 14.8. The van der Waals surface area contributed by atoms with Crippen molar-refractivity contribution in [1.29, 1.82) is 0 Å². The van der Waals surface area contributed by atoms with Gasteiger partial charge in [0, 0.05) is 20.1 Å². The topological polar surface area (TPSA) is 50.5 Å². The molecule has 0 saturated heterocycles. The highest BCUT2D eigenvalue weighted by Gasteiger charge is 2.40. The van der Waals surface area contributed by atoms with Crippen molar-refractivity contribution < 1.29 is 9.84 Å². The van der Waals surface area contributed by atoms with Crippen molar-refractivity contribution in [2.24, 2.45) is 0 Å². The molecule has 1 aromatic heterocycles. The molecule has 1 aliphatic rings. The molecule has 1 fully saturated rings. The third-order valence-electron chi connectivity index (χ3n) is 4.01. The Kier molecular flexibility index (Phi) is 5.23. The summed E-state index contributed by atoms with van der Waals surface area (Å²) in [6.45, 7) is 1.67. The van der Waals surface area contributed by atoms with E-state index in [9.17, 15) is 5.11 Å². The van der Waals surface area contributed by atoms with E-state index in [1.807, 2.05) is 18.8 Å². The van der Waals surface area contributed by atoms with Crippen molar-refractivity contribution in [3.05, 3.63) is 16.4 Å². The van der Waals surface area contributed by atoms with Crippen LogP contribution in [-0.4, -0.2) is 53.6 Å². The number of rotatable bonds is 5. The summed E-state index contributed by atoms with van der Waals surface area (Å²) in [5.41, 5.74) is 0.0433. The molecule has 0 aliphatic heterocycles. The summed E-state index contributed by atoms with van der Waals surface area (Å²) < 4.78 is 8.25. The molecule has 0 spiro atoms. The van der Waals surface area contributed by atoms with E-state index in [-0.39, 0.29) is 6.10 Å². The second-order valence-electron chi connectivity index (χ2n) is 5.85. The summed E-state index contributed by atoms with van der Waals surface area (Å²) in [5.74, 6) is 0. The minimum Gasteiger partial charge on any atom is -0.383 e. The standard InChI is InChI=1S/C14H24BrN3O2/c1-17(2)7-8-18-13(12(15)10-16-18)14(19)6-4-5-11(9-14)20-3/h10-11,19H,4-9H2,1-3H3. The minimum atomic E-state index is -0.847. The van der Waals surface area contributed by atoms with Crippen LogP contribution in [0.2, 0.25) is 0 Å². The van der Waals surface area contributed by atoms with Crippen molar-refractivity contribution in [2.75, 3.05) is 27.7 Å². The number of aliphatic hydroxyl groups is 1. The lowest BCUT2D eigenvalue weighted by Gasteiger charge is -2.37. The monoisotopic (exact) mass is 345 g/mol. The fraction of sp³-hybridized carbons (Fsp3) is 0.786. The molecule has 6 heteroatoms. The third kappa shape index (κ3) is 3.42. The predicted molar refractivity (Wildman–Crippen MR) is 81.6 cm³/mol. The van der Waals surface area contributed by atoms with E-state index in [4.69, 9.17) is 4.74 Å².